The number of fused-ring (bicyclic) bond motifs is 1. The molecular weight excluding hydrogens is 420 g/mol. The zero-order chi connectivity index (χ0) is 22.6. The van der Waals surface area contributed by atoms with E-state index in [1.807, 2.05) is 30.3 Å². The molecule has 2 amide bonds. The lowest BCUT2D eigenvalue weighted by Gasteiger charge is -2.24. The summed E-state index contributed by atoms with van der Waals surface area (Å²) in [5, 5.41) is 3.57. The smallest absolute Gasteiger partial charge is 0.292 e. The van der Waals surface area contributed by atoms with E-state index in [-0.39, 0.29) is 30.2 Å². The van der Waals surface area contributed by atoms with Gasteiger partial charge in [-0.15, -0.1) is 0 Å². The Balaban J connectivity index is 1.50. The van der Waals surface area contributed by atoms with Crippen LogP contribution in [0.15, 0.2) is 81.8 Å². The summed E-state index contributed by atoms with van der Waals surface area (Å²) in [4.78, 5) is 28.3. The molecule has 1 N–H and O–H groups in total. The van der Waals surface area contributed by atoms with Crippen molar-refractivity contribution in [2.75, 3.05) is 18.5 Å². The third kappa shape index (κ3) is 4.54. The number of nitrogens with zero attached hydrogens (tertiary/aromatic N) is 1. The SMILES string of the molecule is O=C(Nc1c(C(=O)N(Cc2ccco2)C[C@H]2CCCO2)oc2ccccc12)c1ccccc1. The summed E-state index contributed by atoms with van der Waals surface area (Å²) in [6.07, 6.45) is 3.39. The summed E-state index contributed by atoms with van der Waals surface area (Å²) in [7, 11) is 0. The molecule has 7 nitrogen and oxygen atoms in total. The maximum absolute atomic E-state index is 13.8. The van der Waals surface area contributed by atoms with Gasteiger partial charge in [0.1, 0.15) is 17.0 Å². The number of benzene rings is 2. The van der Waals surface area contributed by atoms with Crippen molar-refractivity contribution in [1.82, 2.24) is 4.90 Å². The lowest BCUT2D eigenvalue weighted by atomic mass is 10.1. The third-order valence-electron chi connectivity index (χ3n) is 5.73. The van der Waals surface area contributed by atoms with Crippen molar-refractivity contribution in [2.24, 2.45) is 0 Å². The number of para-hydroxylation sites is 1. The Bertz CT molecular complexity index is 1240. The zero-order valence-electron chi connectivity index (χ0n) is 18.0. The van der Waals surface area contributed by atoms with E-state index in [1.165, 1.54) is 0 Å². The topological polar surface area (TPSA) is 84.9 Å². The van der Waals surface area contributed by atoms with Crippen molar-refractivity contribution < 1.29 is 23.2 Å². The number of amides is 2. The van der Waals surface area contributed by atoms with Crippen LogP contribution < -0.4 is 5.32 Å². The summed E-state index contributed by atoms with van der Waals surface area (Å²) >= 11 is 0. The molecule has 1 atom stereocenters. The summed E-state index contributed by atoms with van der Waals surface area (Å²) in [6, 6.07) is 19.8. The van der Waals surface area contributed by atoms with E-state index >= 15 is 0 Å². The Labute approximate surface area is 190 Å². The normalized spacial score (nSPS) is 15.6. The Morgan fingerprint density at radius 1 is 1.00 bits per heavy atom. The third-order valence-corrected chi connectivity index (χ3v) is 5.73. The van der Waals surface area contributed by atoms with E-state index in [0.29, 0.717) is 41.1 Å². The Kier molecular flexibility index (Phi) is 5.95. The van der Waals surface area contributed by atoms with Crippen LogP contribution in [0.3, 0.4) is 0 Å². The number of nitrogens with one attached hydrogen (secondary N) is 1. The second-order valence-corrected chi connectivity index (χ2v) is 8.02. The first-order valence-corrected chi connectivity index (χ1v) is 11.0. The highest BCUT2D eigenvalue weighted by molar-refractivity contribution is 6.14. The van der Waals surface area contributed by atoms with E-state index in [1.54, 1.807) is 47.6 Å². The number of hydrogen-bond acceptors (Lipinski definition) is 5. The molecule has 2 aromatic heterocycles. The van der Waals surface area contributed by atoms with Gasteiger partial charge in [-0.05, 0) is 49.2 Å². The number of carbonyl (C=O) groups excluding carboxylic acids is 2. The number of hydrogen-bond donors (Lipinski definition) is 1. The van der Waals surface area contributed by atoms with Crippen molar-refractivity contribution in [3.05, 3.63) is 90.1 Å². The predicted octanol–water partition coefficient (Wildman–Crippen LogP) is 5.10. The van der Waals surface area contributed by atoms with Gasteiger partial charge in [-0.25, -0.2) is 0 Å². The maximum atomic E-state index is 13.8. The van der Waals surface area contributed by atoms with Crippen LogP contribution in [0, 0.1) is 0 Å². The highest BCUT2D eigenvalue weighted by Crippen LogP contribution is 2.33. The number of furan rings is 2. The van der Waals surface area contributed by atoms with Crippen LogP contribution in [-0.4, -0.2) is 36.0 Å². The van der Waals surface area contributed by atoms with Crippen LogP contribution in [0.25, 0.3) is 11.0 Å². The highest BCUT2D eigenvalue weighted by Gasteiger charge is 2.30. The van der Waals surface area contributed by atoms with Gasteiger partial charge in [0, 0.05) is 24.1 Å². The minimum absolute atomic E-state index is 0.0457. The average Bonchev–Trinajstić information content (AvgIpc) is 3.61. The number of rotatable bonds is 7. The van der Waals surface area contributed by atoms with E-state index in [0.717, 1.165) is 12.8 Å². The number of anilines is 1. The first-order valence-electron chi connectivity index (χ1n) is 11.0. The van der Waals surface area contributed by atoms with Gasteiger partial charge < -0.3 is 23.8 Å². The van der Waals surface area contributed by atoms with Gasteiger partial charge in [-0.2, -0.15) is 0 Å². The van der Waals surface area contributed by atoms with E-state index in [4.69, 9.17) is 13.6 Å². The minimum atomic E-state index is -0.332. The average molecular weight is 444 g/mol. The van der Waals surface area contributed by atoms with Crippen LogP contribution in [0.5, 0.6) is 0 Å². The second kappa shape index (κ2) is 9.34. The lowest BCUT2D eigenvalue weighted by molar-refractivity contribution is 0.0471. The Morgan fingerprint density at radius 2 is 1.82 bits per heavy atom. The van der Waals surface area contributed by atoms with E-state index in [2.05, 4.69) is 5.32 Å². The van der Waals surface area contributed by atoms with E-state index in [9.17, 15) is 9.59 Å². The van der Waals surface area contributed by atoms with Crippen LogP contribution in [-0.2, 0) is 11.3 Å². The van der Waals surface area contributed by atoms with Gasteiger partial charge in [0.15, 0.2) is 0 Å². The molecule has 1 fully saturated rings. The standard InChI is InChI=1S/C26H24N2O5/c29-25(18-8-2-1-3-9-18)27-23-21-12-4-5-13-22(21)33-24(23)26(30)28(16-19-10-6-14-31-19)17-20-11-7-15-32-20/h1-6,8-10,12-14,20H,7,11,15-17H2,(H,27,29)/t20-/m1/s1. The number of ether oxygens (including phenoxy) is 1. The molecule has 7 heteroatoms. The van der Waals surface area contributed by atoms with Crippen molar-refractivity contribution in [2.45, 2.75) is 25.5 Å². The van der Waals surface area contributed by atoms with Gasteiger partial charge in [-0.3, -0.25) is 9.59 Å². The summed E-state index contributed by atoms with van der Waals surface area (Å²) in [5.41, 5.74) is 1.38. The molecule has 2 aromatic carbocycles. The van der Waals surface area contributed by atoms with Crippen molar-refractivity contribution >= 4 is 28.5 Å². The molecule has 0 spiro atoms. The van der Waals surface area contributed by atoms with Gasteiger partial charge in [0.2, 0.25) is 5.76 Å². The fourth-order valence-electron chi connectivity index (χ4n) is 4.08. The lowest BCUT2D eigenvalue weighted by Crippen LogP contribution is -2.37. The molecule has 5 rings (SSSR count). The zero-order valence-corrected chi connectivity index (χ0v) is 18.0. The van der Waals surface area contributed by atoms with Gasteiger partial charge >= 0.3 is 0 Å². The monoisotopic (exact) mass is 444 g/mol. The maximum Gasteiger partial charge on any atom is 0.292 e. The van der Waals surface area contributed by atoms with Crippen molar-refractivity contribution in [3.63, 3.8) is 0 Å². The first kappa shape index (κ1) is 21.0. The molecule has 0 bridgehead atoms. The molecule has 0 unspecified atom stereocenters. The Hall–Kier alpha value is -3.84. The molecule has 33 heavy (non-hydrogen) atoms. The Morgan fingerprint density at radius 3 is 2.58 bits per heavy atom. The van der Waals surface area contributed by atoms with Crippen LogP contribution in [0.4, 0.5) is 5.69 Å². The van der Waals surface area contributed by atoms with Gasteiger partial charge in [-0.1, -0.05) is 30.3 Å². The molecule has 1 saturated heterocycles. The number of carbonyl (C=O) groups is 2. The molecule has 3 heterocycles. The van der Waals surface area contributed by atoms with E-state index < -0.39 is 0 Å². The first-order chi connectivity index (χ1) is 16.2. The van der Waals surface area contributed by atoms with Crippen LogP contribution >= 0.6 is 0 Å². The second-order valence-electron chi connectivity index (χ2n) is 8.02. The highest BCUT2D eigenvalue weighted by atomic mass is 16.5. The molecule has 0 saturated carbocycles. The molecule has 1 aliphatic rings. The molecule has 4 aromatic rings. The quantitative estimate of drug-likeness (QED) is 0.429. The minimum Gasteiger partial charge on any atom is -0.467 e. The summed E-state index contributed by atoms with van der Waals surface area (Å²) < 4.78 is 17.3. The summed E-state index contributed by atoms with van der Waals surface area (Å²) in [5.74, 6) is 0.103. The van der Waals surface area contributed by atoms with Crippen molar-refractivity contribution in [3.8, 4) is 0 Å². The molecule has 0 aliphatic carbocycles. The van der Waals surface area contributed by atoms with Gasteiger partial charge in [0.25, 0.3) is 11.8 Å². The predicted molar refractivity (Wildman–Crippen MR) is 123 cm³/mol. The molecule has 1 aliphatic heterocycles. The molecule has 0 radical (unpaired) electrons. The molecular formula is C26H24N2O5. The van der Waals surface area contributed by atoms with Gasteiger partial charge in [0.05, 0.1) is 18.9 Å². The van der Waals surface area contributed by atoms with Crippen LogP contribution in [0.2, 0.25) is 0 Å². The molecule has 168 valence electrons. The summed E-state index contributed by atoms with van der Waals surface area (Å²) in [6.45, 7) is 1.37. The van der Waals surface area contributed by atoms with Crippen LogP contribution in [0.1, 0.15) is 39.5 Å². The fraction of sp³-hybridized carbons (Fsp3) is 0.231. The largest absolute Gasteiger partial charge is 0.467 e. The van der Waals surface area contributed by atoms with Crippen molar-refractivity contribution in [1.29, 1.82) is 0 Å². The fourth-order valence-corrected chi connectivity index (χ4v) is 4.08.